The van der Waals surface area contributed by atoms with Gasteiger partial charge >= 0.3 is 0 Å². The van der Waals surface area contributed by atoms with Crippen LogP contribution in [0.15, 0.2) is 42.5 Å². The second-order valence-electron chi connectivity index (χ2n) is 7.61. The van der Waals surface area contributed by atoms with E-state index < -0.39 is 5.60 Å². The minimum atomic E-state index is -1.03. The lowest BCUT2D eigenvalue weighted by Crippen LogP contribution is -2.52. The normalized spacial score (nSPS) is 26.2. The molecule has 2 bridgehead atoms. The summed E-state index contributed by atoms with van der Waals surface area (Å²) in [5, 5.41) is 11.2. The molecule has 2 aliphatic rings. The van der Waals surface area contributed by atoms with Crippen molar-refractivity contribution in [3.05, 3.63) is 59.4 Å². The van der Waals surface area contributed by atoms with Crippen molar-refractivity contribution >= 4 is 5.91 Å². The molecular weight excluding hydrogens is 361 g/mol. The number of amides is 1. The van der Waals surface area contributed by atoms with Crippen molar-refractivity contribution in [3.63, 3.8) is 0 Å². The summed E-state index contributed by atoms with van der Waals surface area (Å²) in [5.41, 5.74) is 0.222. The number of nitrogens with zero attached hydrogens (tertiary/aromatic N) is 1. The van der Waals surface area contributed by atoms with Gasteiger partial charge < -0.3 is 19.5 Å². The smallest absolute Gasteiger partial charge is 0.254 e. The number of ether oxygens (including phenoxy) is 2. The average Bonchev–Trinajstić information content (AvgIpc) is 2.99. The van der Waals surface area contributed by atoms with Crippen LogP contribution in [-0.4, -0.2) is 42.2 Å². The topological polar surface area (TPSA) is 59.0 Å². The van der Waals surface area contributed by atoms with Crippen LogP contribution >= 0.6 is 0 Å². The van der Waals surface area contributed by atoms with Crippen LogP contribution in [0.25, 0.3) is 0 Å². The van der Waals surface area contributed by atoms with E-state index in [9.17, 15) is 14.3 Å². The standard InChI is InChI=1S/C22H24FNO4/c1-27-19-10-3-14(11-20(19)28-2)21(25)24-17-8-9-18(24)13-22(26,12-17)15-4-6-16(23)7-5-15/h3-7,10-11,17-18,26H,8-9,12-13H2,1-2H3. The number of rotatable bonds is 4. The predicted molar refractivity (Wildman–Crippen MR) is 102 cm³/mol. The number of hydrogen-bond acceptors (Lipinski definition) is 4. The molecule has 0 aromatic heterocycles. The van der Waals surface area contributed by atoms with E-state index in [-0.39, 0.29) is 23.8 Å². The van der Waals surface area contributed by atoms with Crippen molar-refractivity contribution in [1.29, 1.82) is 0 Å². The number of hydrogen-bond donors (Lipinski definition) is 1. The predicted octanol–water partition coefficient (Wildman–Crippen LogP) is 3.50. The van der Waals surface area contributed by atoms with E-state index >= 15 is 0 Å². The second kappa shape index (κ2) is 7.09. The van der Waals surface area contributed by atoms with Gasteiger partial charge in [-0.05, 0) is 48.7 Å². The molecule has 2 unspecified atom stereocenters. The monoisotopic (exact) mass is 385 g/mol. The van der Waals surface area contributed by atoms with Crippen LogP contribution < -0.4 is 9.47 Å². The molecule has 0 aliphatic carbocycles. The Morgan fingerprint density at radius 2 is 1.64 bits per heavy atom. The number of aliphatic hydroxyl groups is 1. The maximum absolute atomic E-state index is 13.3. The highest BCUT2D eigenvalue weighted by Gasteiger charge is 2.50. The van der Waals surface area contributed by atoms with Gasteiger partial charge in [-0.3, -0.25) is 4.79 Å². The third kappa shape index (κ3) is 3.11. The minimum absolute atomic E-state index is 0.0469. The number of fused-ring (bicyclic) bond motifs is 2. The molecule has 2 aromatic rings. The van der Waals surface area contributed by atoms with Crippen molar-refractivity contribution < 1.29 is 23.8 Å². The maximum Gasteiger partial charge on any atom is 0.254 e. The van der Waals surface area contributed by atoms with E-state index in [2.05, 4.69) is 0 Å². The van der Waals surface area contributed by atoms with Gasteiger partial charge in [0.15, 0.2) is 11.5 Å². The van der Waals surface area contributed by atoms with E-state index in [4.69, 9.17) is 9.47 Å². The first-order valence-corrected chi connectivity index (χ1v) is 9.48. The molecular formula is C22H24FNO4. The Morgan fingerprint density at radius 3 is 2.21 bits per heavy atom. The molecule has 1 amide bonds. The van der Waals surface area contributed by atoms with Crippen molar-refractivity contribution in [2.45, 2.75) is 43.4 Å². The van der Waals surface area contributed by atoms with Gasteiger partial charge in [0, 0.05) is 30.5 Å². The Bertz CT molecular complexity index is 869. The van der Waals surface area contributed by atoms with Crippen LogP contribution in [0.2, 0.25) is 0 Å². The lowest BCUT2D eigenvalue weighted by Gasteiger charge is -2.44. The largest absolute Gasteiger partial charge is 0.493 e. The number of benzene rings is 2. The van der Waals surface area contributed by atoms with E-state index in [1.807, 2.05) is 4.90 Å². The Balaban J connectivity index is 1.58. The Kier molecular flexibility index (Phi) is 4.75. The highest BCUT2D eigenvalue weighted by molar-refractivity contribution is 5.95. The lowest BCUT2D eigenvalue weighted by molar-refractivity contribution is -0.0479. The fourth-order valence-corrected chi connectivity index (χ4v) is 4.67. The summed E-state index contributed by atoms with van der Waals surface area (Å²) in [6, 6.07) is 11.1. The van der Waals surface area contributed by atoms with E-state index in [0.717, 1.165) is 12.8 Å². The maximum atomic E-state index is 13.3. The van der Waals surface area contributed by atoms with Gasteiger partial charge in [-0.25, -0.2) is 4.39 Å². The molecule has 2 heterocycles. The summed E-state index contributed by atoms with van der Waals surface area (Å²) in [6.07, 6.45) is 2.61. The average molecular weight is 385 g/mol. The molecule has 0 saturated carbocycles. The summed E-state index contributed by atoms with van der Waals surface area (Å²) in [4.78, 5) is 15.1. The molecule has 4 rings (SSSR count). The molecule has 6 heteroatoms. The van der Waals surface area contributed by atoms with Crippen LogP contribution in [0.4, 0.5) is 4.39 Å². The second-order valence-corrected chi connectivity index (χ2v) is 7.61. The summed E-state index contributed by atoms with van der Waals surface area (Å²) in [7, 11) is 3.10. The molecule has 0 spiro atoms. The summed E-state index contributed by atoms with van der Waals surface area (Å²) < 4.78 is 23.8. The van der Waals surface area contributed by atoms with Crippen LogP contribution in [0.5, 0.6) is 11.5 Å². The van der Waals surface area contributed by atoms with E-state index in [1.54, 1.807) is 44.6 Å². The molecule has 0 radical (unpaired) electrons. The van der Waals surface area contributed by atoms with Crippen LogP contribution in [0, 0.1) is 5.82 Å². The highest BCUT2D eigenvalue weighted by atomic mass is 19.1. The summed E-state index contributed by atoms with van der Waals surface area (Å²) >= 11 is 0. The van der Waals surface area contributed by atoms with Crippen LogP contribution in [0.3, 0.4) is 0 Å². The van der Waals surface area contributed by atoms with Gasteiger partial charge in [0.25, 0.3) is 5.91 Å². The first kappa shape index (κ1) is 18.7. The van der Waals surface area contributed by atoms with E-state index in [1.165, 1.54) is 12.1 Å². The van der Waals surface area contributed by atoms with Crippen molar-refractivity contribution in [2.24, 2.45) is 0 Å². The zero-order valence-electron chi connectivity index (χ0n) is 16.0. The van der Waals surface area contributed by atoms with Gasteiger partial charge in [-0.15, -0.1) is 0 Å². The SMILES string of the molecule is COc1ccc(C(=O)N2C3CCC2CC(O)(c2ccc(F)cc2)C3)cc1OC. The van der Waals surface area contributed by atoms with Gasteiger partial charge in [0.05, 0.1) is 19.8 Å². The van der Waals surface area contributed by atoms with Crippen molar-refractivity contribution in [1.82, 2.24) is 4.90 Å². The quantitative estimate of drug-likeness (QED) is 0.875. The lowest BCUT2D eigenvalue weighted by atomic mass is 9.80. The van der Waals surface area contributed by atoms with Gasteiger partial charge in [-0.2, -0.15) is 0 Å². The Labute approximate surface area is 163 Å². The van der Waals surface area contributed by atoms with Crippen LogP contribution in [-0.2, 0) is 5.60 Å². The van der Waals surface area contributed by atoms with Gasteiger partial charge in [0.2, 0.25) is 0 Å². The van der Waals surface area contributed by atoms with Gasteiger partial charge in [-0.1, -0.05) is 12.1 Å². The molecule has 2 aliphatic heterocycles. The molecule has 2 fully saturated rings. The zero-order valence-corrected chi connectivity index (χ0v) is 16.0. The minimum Gasteiger partial charge on any atom is -0.493 e. The first-order chi connectivity index (χ1) is 13.4. The summed E-state index contributed by atoms with van der Waals surface area (Å²) in [5.74, 6) is 0.706. The molecule has 2 saturated heterocycles. The van der Waals surface area contributed by atoms with E-state index in [0.29, 0.717) is 35.5 Å². The number of carbonyl (C=O) groups excluding carboxylic acids is 1. The molecule has 28 heavy (non-hydrogen) atoms. The number of halogens is 1. The molecule has 2 aromatic carbocycles. The highest BCUT2D eigenvalue weighted by Crippen LogP contribution is 2.46. The fourth-order valence-electron chi connectivity index (χ4n) is 4.67. The molecule has 1 N–H and O–H groups in total. The number of carbonyl (C=O) groups is 1. The molecule has 2 atom stereocenters. The van der Waals surface area contributed by atoms with Crippen molar-refractivity contribution in [3.8, 4) is 11.5 Å². The van der Waals surface area contributed by atoms with Crippen LogP contribution in [0.1, 0.15) is 41.6 Å². The van der Waals surface area contributed by atoms with Crippen molar-refractivity contribution in [2.75, 3.05) is 14.2 Å². The third-order valence-corrected chi connectivity index (χ3v) is 6.01. The fraction of sp³-hybridized carbons (Fsp3) is 0.409. The van der Waals surface area contributed by atoms with Gasteiger partial charge in [0.1, 0.15) is 5.82 Å². The number of methoxy groups -OCH3 is 2. The third-order valence-electron chi connectivity index (χ3n) is 6.01. The first-order valence-electron chi connectivity index (χ1n) is 9.48. The Hall–Kier alpha value is -2.60. The zero-order chi connectivity index (χ0) is 19.9. The number of piperidine rings is 1. The summed E-state index contributed by atoms with van der Waals surface area (Å²) in [6.45, 7) is 0. The Morgan fingerprint density at radius 1 is 1.04 bits per heavy atom. The molecule has 148 valence electrons. The molecule has 5 nitrogen and oxygen atoms in total.